The average Bonchev–Trinajstić information content (AvgIpc) is 2.50. The summed E-state index contributed by atoms with van der Waals surface area (Å²) in [7, 11) is 0. The summed E-state index contributed by atoms with van der Waals surface area (Å²) in [6, 6.07) is -3.63. The molecule has 0 spiro atoms. The smallest absolute Gasteiger partial charge is 0.325 e. The molecule has 9 heteroatoms. The molecule has 0 fully saturated rings. The van der Waals surface area contributed by atoms with Crippen molar-refractivity contribution in [3.63, 3.8) is 0 Å². The Morgan fingerprint density at radius 2 is 1.20 bits per heavy atom. The van der Waals surface area contributed by atoms with Crippen molar-refractivity contribution >= 4 is 23.7 Å². The predicted molar refractivity (Wildman–Crippen MR) is 92.4 cm³/mol. The van der Waals surface area contributed by atoms with Crippen LogP contribution in [0.25, 0.3) is 0 Å². The molecule has 0 aliphatic rings. The number of hydrogen-bond donors (Lipinski definition) is 5. The van der Waals surface area contributed by atoms with Crippen LogP contribution in [0.2, 0.25) is 0 Å². The molecule has 0 bridgehead atoms. The minimum absolute atomic E-state index is 0.0815. The molecule has 0 aliphatic carbocycles. The Hall–Kier alpha value is -2.16. The van der Waals surface area contributed by atoms with Gasteiger partial charge in [0.1, 0.15) is 18.1 Å². The van der Waals surface area contributed by atoms with Crippen molar-refractivity contribution in [2.24, 2.45) is 17.6 Å². The van der Waals surface area contributed by atoms with Crippen LogP contribution in [0.5, 0.6) is 0 Å². The molecule has 6 N–H and O–H groups in total. The van der Waals surface area contributed by atoms with Crippen LogP contribution >= 0.6 is 0 Å². The van der Waals surface area contributed by atoms with Gasteiger partial charge >= 0.3 is 5.97 Å². The van der Waals surface area contributed by atoms with E-state index in [2.05, 4.69) is 16.0 Å². The number of carboxylic acids is 1. The third kappa shape index (κ3) is 7.51. The highest BCUT2D eigenvalue weighted by molar-refractivity contribution is 5.93. The van der Waals surface area contributed by atoms with E-state index in [-0.39, 0.29) is 11.8 Å². The van der Waals surface area contributed by atoms with Gasteiger partial charge in [-0.1, -0.05) is 27.7 Å². The molecule has 0 rings (SSSR count). The van der Waals surface area contributed by atoms with Gasteiger partial charge in [-0.05, 0) is 25.7 Å². The summed E-state index contributed by atoms with van der Waals surface area (Å²) in [5.41, 5.74) is 5.73. The molecule has 0 saturated heterocycles. The van der Waals surface area contributed by atoms with E-state index < -0.39 is 47.9 Å². The molecule has 9 nitrogen and oxygen atoms in total. The van der Waals surface area contributed by atoms with Crippen molar-refractivity contribution in [3.05, 3.63) is 0 Å². The maximum absolute atomic E-state index is 12.2. The summed E-state index contributed by atoms with van der Waals surface area (Å²) in [4.78, 5) is 47.2. The molecule has 0 aliphatic heterocycles. The highest BCUT2D eigenvalue weighted by Gasteiger charge is 2.29. The zero-order valence-corrected chi connectivity index (χ0v) is 15.6. The first kappa shape index (κ1) is 22.8. The van der Waals surface area contributed by atoms with E-state index in [9.17, 15) is 19.2 Å². The Bertz CT molecular complexity index is 507. The highest BCUT2D eigenvalue weighted by Crippen LogP contribution is 2.04. The van der Waals surface area contributed by atoms with Crippen LogP contribution in [0.1, 0.15) is 41.5 Å². The van der Waals surface area contributed by atoms with Crippen LogP contribution in [-0.4, -0.2) is 53.0 Å². The number of carbonyl (C=O) groups excluding carboxylic acids is 3. The number of amides is 3. The molecule has 0 radical (unpaired) electrons. The fraction of sp³-hybridized carbons (Fsp3) is 0.750. The monoisotopic (exact) mass is 358 g/mol. The number of rotatable bonds is 9. The van der Waals surface area contributed by atoms with Crippen molar-refractivity contribution in [1.82, 2.24) is 16.0 Å². The average molecular weight is 358 g/mol. The molecule has 0 aromatic heterocycles. The van der Waals surface area contributed by atoms with Crippen molar-refractivity contribution < 1.29 is 24.3 Å². The second-order valence-corrected chi connectivity index (χ2v) is 6.80. The molecular formula is C16H30N4O5. The largest absolute Gasteiger partial charge is 0.480 e. The lowest BCUT2D eigenvalue weighted by Crippen LogP contribution is -2.57. The van der Waals surface area contributed by atoms with E-state index in [0.717, 1.165) is 0 Å². The highest BCUT2D eigenvalue weighted by atomic mass is 16.4. The van der Waals surface area contributed by atoms with E-state index >= 15 is 0 Å². The van der Waals surface area contributed by atoms with E-state index in [1.165, 1.54) is 13.8 Å². The van der Waals surface area contributed by atoms with E-state index in [0.29, 0.717) is 0 Å². The normalized spacial score (nSPS) is 15.9. The van der Waals surface area contributed by atoms with Crippen molar-refractivity contribution in [3.8, 4) is 0 Å². The van der Waals surface area contributed by atoms with Gasteiger partial charge in [0.25, 0.3) is 0 Å². The minimum Gasteiger partial charge on any atom is -0.480 e. The fourth-order valence-electron chi connectivity index (χ4n) is 1.86. The molecule has 4 unspecified atom stereocenters. The SMILES string of the molecule is CC(NC(=O)C(NC(=O)C(C)NC(=O)C(N)C(C)C)C(C)C)C(=O)O. The standard InChI is InChI=1S/C16H30N4O5/c1-7(2)11(17)14(22)18-9(5)13(21)20-12(8(3)4)15(23)19-10(6)16(24)25/h7-12H,17H2,1-6H3,(H,18,22)(H,19,23)(H,20,21)(H,24,25). The Labute approximate surface area is 148 Å². The molecule has 0 aromatic rings. The number of nitrogens with two attached hydrogens (primary N) is 1. The van der Waals surface area contributed by atoms with E-state index in [4.69, 9.17) is 10.8 Å². The van der Waals surface area contributed by atoms with Crippen LogP contribution in [0.4, 0.5) is 0 Å². The van der Waals surface area contributed by atoms with Crippen LogP contribution in [0.3, 0.4) is 0 Å². The second-order valence-electron chi connectivity index (χ2n) is 6.80. The molecule has 144 valence electrons. The van der Waals surface area contributed by atoms with Gasteiger partial charge in [0.2, 0.25) is 17.7 Å². The number of aliphatic carboxylic acids is 1. The Balaban J connectivity index is 4.86. The zero-order chi connectivity index (χ0) is 19.9. The summed E-state index contributed by atoms with van der Waals surface area (Å²) in [6.45, 7) is 9.82. The predicted octanol–water partition coefficient (Wildman–Crippen LogP) is -0.795. The lowest BCUT2D eigenvalue weighted by atomic mass is 10.0. The van der Waals surface area contributed by atoms with Crippen molar-refractivity contribution in [1.29, 1.82) is 0 Å². The quantitative estimate of drug-likeness (QED) is 0.364. The molecule has 0 heterocycles. The number of hydrogen-bond acceptors (Lipinski definition) is 5. The molecule has 3 amide bonds. The molecular weight excluding hydrogens is 328 g/mol. The van der Waals surface area contributed by atoms with Crippen LogP contribution in [0, 0.1) is 11.8 Å². The van der Waals surface area contributed by atoms with Crippen molar-refractivity contribution in [2.45, 2.75) is 65.7 Å². The van der Waals surface area contributed by atoms with Gasteiger partial charge in [-0.15, -0.1) is 0 Å². The summed E-state index contributed by atoms with van der Waals surface area (Å²) in [5.74, 6) is -3.14. The maximum atomic E-state index is 12.2. The number of carbonyl (C=O) groups is 4. The first-order valence-corrected chi connectivity index (χ1v) is 8.27. The lowest BCUT2D eigenvalue weighted by molar-refractivity contribution is -0.142. The van der Waals surface area contributed by atoms with Gasteiger partial charge in [-0.3, -0.25) is 19.2 Å². The molecule has 0 saturated carbocycles. The molecule has 0 aromatic carbocycles. The summed E-state index contributed by atoms with van der Waals surface area (Å²) in [5, 5.41) is 16.2. The van der Waals surface area contributed by atoms with Gasteiger partial charge in [-0.25, -0.2) is 0 Å². The lowest BCUT2D eigenvalue weighted by Gasteiger charge is -2.25. The van der Waals surface area contributed by atoms with Crippen LogP contribution in [0.15, 0.2) is 0 Å². The summed E-state index contributed by atoms with van der Waals surface area (Å²) in [6.07, 6.45) is 0. The third-order valence-electron chi connectivity index (χ3n) is 3.75. The number of carboxylic acid groups (broad SMARTS) is 1. The van der Waals surface area contributed by atoms with Gasteiger partial charge in [0.15, 0.2) is 0 Å². The van der Waals surface area contributed by atoms with Gasteiger partial charge in [-0.2, -0.15) is 0 Å². The van der Waals surface area contributed by atoms with Gasteiger partial charge in [0.05, 0.1) is 6.04 Å². The maximum Gasteiger partial charge on any atom is 0.325 e. The second kappa shape index (κ2) is 9.97. The Morgan fingerprint density at radius 1 is 0.720 bits per heavy atom. The van der Waals surface area contributed by atoms with Crippen LogP contribution < -0.4 is 21.7 Å². The Morgan fingerprint density at radius 3 is 1.60 bits per heavy atom. The first-order chi connectivity index (χ1) is 11.4. The third-order valence-corrected chi connectivity index (χ3v) is 3.75. The molecule has 4 atom stereocenters. The van der Waals surface area contributed by atoms with Gasteiger partial charge in [0, 0.05) is 0 Å². The number of nitrogens with one attached hydrogen (secondary N) is 3. The topological polar surface area (TPSA) is 151 Å². The first-order valence-electron chi connectivity index (χ1n) is 8.27. The fourth-order valence-corrected chi connectivity index (χ4v) is 1.86. The Kier molecular flexibility index (Phi) is 9.11. The summed E-state index contributed by atoms with van der Waals surface area (Å²) >= 11 is 0. The van der Waals surface area contributed by atoms with Gasteiger partial charge < -0.3 is 26.8 Å². The zero-order valence-electron chi connectivity index (χ0n) is 15.6. The van der Waals surface area contributed by atoms with E-state index in [1.54, 1.807) is 27.7 Å². The molecule has 25 heavy (non-hydrogen) atoms. The van der Waals surface area contributed by atoms with E-state index in [1.807, 2.05) is 0 Å². The minimum atomic E-state index is -1.18. The van der Waals surface area contributed by atoms with Crippen molar-refractivity contribution in [2.75, 3.05) is 0 Å². The van der Waals surface area contributed by atoms with Crippen LogP contribution in [-0.2, 0) is 19.2 Å². The summed E-state index contributed by atoms with van der Waals surface area (Å²) < 4.78 is 0.